The van der Waals surface area contributed by atoms with E-state index in [9.17, 15) is 4.79 Å². The normalized spacial score (nSPS) is 20.0. The standard InChI is InChI=1S/C19H27N5O3/c1-22(2)11-12-24-14-19(27-18(24)25)6-9-23(10-7-19)13-15-3-4-17(26-15)16-5-8-20-21-16/h3-5,8H,6-7,9-14H2,1-2H3,(H,20,21). The van der Waals surface area contributed by atoms with E-state index >= 15 is 0 Å². The molecule has 8 heteroatoms. The average Bonchev–Trinajstić information content (AvgIpc) is 3.36. The van der Waals surface area contributed by atoms with Gasteiger partial charge in [-0.15, -0.1) is 0 Å². The summed E-state index contributed by atoms with van der Waals surface area (Å²) in [5, 5.41) is 6.87. The van der Waals surface area contributed by atoms with E-state index in [0.717, 1.165) is 62.8 Å². The first-order valence-electron chi connectivity index (χ1n) is 9.46. The minimum Gasteiger partial charge on any atom is -0.458 e. The first-order valence-corrected chi connectivity index (χ1v) is 9.46. The van der Waals surface area contributed by atoms with Crippen molar-refractivity contribution in [2.24, 2.45) is 0 Å². The highest BCUT2D eigenvalue weighted by atomic mass is 16.6. The van der Waals surface area contributed by atoms with E-state index < -0.39 is 0 Å². The smallest absolute Gasteiger partial charge is 0.410 e. The summed E-state index contributed by atoms with van der Waals surface area (Å²) in [5.74, 6) is 1.74. The lowest BCUT2D eigenvalue weighted by atomic mass is 9.91. The van der Waals surface area contributed by atoms with Crippen molar-refractivity contribution in [1.82, 2.24) is 24.9 Å². The van der Waals surface area contributed by atoms with Crippen molar-refractivity contribution in [3.05, 3.63) is 30.2 Å². The second-order valence-corrected chi connectivity index (χ2v) is 7.79. The Kier molecular flexibility index (Phi) is 4.92. The van der Waals surface area contributed by atoms with Gasteiger partial charge in [-0.2, -0.15) is 5.10 Å². The number of likely N-dealkylation sites (tertiary alicyclic amines) is 1. The molecule has 1 N–H and O–H groups in total. The highest BCUT2D eigenvalue weighted by Crippen LogP contribution is 2.33. The number of aromatic amines is 1. The zero-order chi connectivity index (χ0) is 18.9. The lowest BCUT2D eigenvalue weighted by Gasteiger charge is -2.37. The van der Waals surface area contributed by atoms with E-state index in [0.29, 0.717) is 6.54 Å². The summed E-state index contributed by atoms with van der Waals surface area (Å²) in [4.78, 5) is 18.5. The number of ether oxygens (including phenoxy) is 1. The molecule has 2 saturated heterocycles. The van der Waals surface area contributed by atoms with Crippen molar-refractivity contribution < 1.29 is 13.9 Å². The maximum absolute atomic E-state index is 12.2. The highest BCUT2D eigenvalue weighted by molar-refractivity contribution is 5.70. The van der Waals surface area contributed by atoms with Crippen LogP contribution in [0, 0.1) is 0 Å². The molecule has 2 aliphatic rings. The third-order valence-electron chi connectivity index (χ3n) is 5.43. The van der Waals surface area contributed by atoms with Gasteiger partial charge in [0.05, 0.1) is 13.1 Å². The molecule has 0 bridgehead atoms. The van der Waals surface area contributed by atoms with Gasteiger partial charge < -0.3 is 19.0 Å². The van der Waals surface area contributed by atoms with Crippen LogP contribution in [0.25, 0.3) is 11.5 Å². The fourth-order valence-corrected chi connectivity index (χ4v) is 3.79. The Morgan fingerprint density at radius 3 is 2.78 bits per heavy atom. The summed E-state index contributed by atoms with van der Waals surface area (Å²) in [6.07, 6.45) is 3.28. The zero-order valence-electron chi connectivity index (χ0n) is 16.0. The number of nitrogens with zero attached hydrogens (tertiary/aromatic N) is 4. The van der Waals surface area contributed by atoms with Crippen molar-refractivity contribution >= 4 is 6.09 Å². The van der Waals surface area contributed by atoms with Crippen LogP contribution in [0.1, 0.15) is 18.6 Å². The van der Waals surface area contributed by atoms with Crippen LogP contribution >= 0.6 is 0 Å². The molecule has 0 unspecified atom stereocenters. The van der Waals surface area contributed by atoms with Crippen molar-refractivity contribution in [1.29, 1.82) is 0 Å². The van der Waals surface area contributed by atoms with Gasteiger partial charge in [0.25, 0.3) is 0 Å². The number of carbonyl (C=O) groups excluding carboxylic acids is 1. The highest BCUT2D eigenvalue weighted by Gasteiger charge is 2.46. The Morgan fingerprint density at radius 1 is 1.26 bits per heavy atom. The second-order valence-electron chi connectivity index (χ2n) is 7.79. The number of aromatic nitrogens is 2. The number of carbonyl (C=O) groups is 1. The van der Waals surface area contributed by atoms with Crippen molar-refractivity contribution in [2.45, 2.75) is 25.0 Å². The summed E-state index contributed by atoms with van der Waals surface area (Å²) in [6.45, 7) is 4.85. The summed E-state index contributed by atoms with van der Waals surface area (Å²) in [5.41, 5.74) is 0.568. The van der Waals surface area contributed by atoms with Crippen molar-refractivity contribution in [2.75, 3.05) is 46.8 Å². The van der Waals surface area contributed by atoms with Crippen molar-refractivity contribution in [3.8, 4) is 11.5 Å². The van der Waals surface area contributed by atoms with Gasteiger partial charge in [-0.25, -0.2) is 4.79 Å². The molecule has 0 aliphatic carbocycles. The first-order chi connectivity index (χ1) is 13.0. The van der Waals surface area contributed by atoms with E-state index in [1.165, 1.54) is 0 Å². The third kappa shape index (κ3) is 4.01. The monoisotopic (exact) mass is 373 g/mol. The molecule has 4 heterocycles. The van der Waals surface area contributed by atoms with Crippen LogP contribution < -0.4 is 0 Å². The summed E-state index contributed by atoms with van der Waals surface area (Å²) < 4.78 is 11.7. The van der Waals surface area contributed by atoms with Gasteiger partial charge in [-0.1, -0.05) is 0 Å². The molecule has 1 spiro atoms. The number of amides is 1. The fourth-order valence-electron chi connectivity index (χ4n) is 3.79. The number of furan rings is 1. The van der Waals surface area contributed by atoms with Crippen LogP contribution in [0.15, 0.2) is 28.8 Å². The molecule has 1 amide bonds. The molecular formula is C19H27N5O3. The quantitative estimate of drug-likeness (QED) is 0.835. The Balaban J connectivity index is 1.30. The van der Waals surface area contributed by atoms with Crippen LogP contribution in [0.4, 0.5) is 4.79 Å². The number of hydrogen-bond acceptors (Lipinski definition) is 6. The molecule has 4 rings (SSSR count). The molecule has 2 aliphatic heterocycles. The van der Waals surface area contributed by atoms with E-state index in [2.05, 4.69) is 20.0 Å². The summed E-state index contributed by atoms with van der Waals surface area (Å²) >= 11 is 0. The Labute approximate surface area is 159 Å². The SMILES string of the molecule is CN(C)CCN1CC2(CCN(Cc3ccc(-c4ccn[nH]4)o3)CC2)OC1=O. The Hall–Kier alpha value is -2.32. The van der Waals surface area contributed by atoms with E-state index in [-0.39, 0.29) is 11.7 Å². The van der Waals surface area contributed by atoms with Crippen LogP contribution in [0.3, 0.4) is 0 Å². The van der Waals surface area contributed by atoms with E-state index in [4.69, 9.17) is 9.15 Å². The van der Waals surface area contributed by atoms with Crippen LogP contribution in [-0.2, 0) is 11.3 Å². The van der Waals surface area contributed by atoms with Gasteiger partial charge >= 0.3 is 6.09 Å². The fraction of sp³-hybridized carbons (Fsp3) is 0.579. The zero-order valence-corrected chi connectivity index (χ0v) is 16.0. The molecule has 0 radical (unpaired) electrons. The second kappa shape index (κ2) is 7.36. The molecule has 0 aromatic carbocycles. The topological polar surface area (TPSA) is 77.8 Å². The van der Waals surface area contributed by atoms with Gasteiger partial charge in [0.1, 0.15) is 17.1 Å². The molecule has 2 fully saturated rings. The van der Waals surface area contributed by atoms with Crippen molar-refractivity contribution in [3.63, 3.8) is 0 Å². The Bertz CT molecular complexity index is 762. The minimum atomic E-state index is -0.315. The lowest BCUT2D eigenvalue weighted by Crippen LogP contribution is -2.46. The number of rotatable bonds is 6. The van der Waals surface area contributed by atoms with Crippen LogP contribution in [0.2, 0.25) is 0 Å². The minimum absolute atomic E-state index is 0.166. The van der Waals surface area contributed by atoms with Gasteiger partial charge in [0.2, 0.25) is 0 Å². The largest absolute Gasteiger partial charge is 0.458 e. The number of nitrogens with one attached hydrogen (secondary N) is 1. The molecule has 146 valence electrons. The van der Waals surface area contributed by atoms with Gasteiger partial charge in [-0.05, 0) is 32.3 Å². The predicted molar refractivity (Wildman–Crippen MR) is 100 cm³/mol. The van der Waals surface area contributed by atoms with Gasteiger partial charge in [-0.3, -0.25) is 10.00 Å². The van der Waals surface area contributed by atoms with Crippen LogP contribution in [-0.4, -0.2) is 83.4 Å². The molecule has 27 heavy (non-hydrogen) atoms. The lowest BCUT2D eigenvalue weighted by molar-refractivity contribution is -0.00258. The molecule has 0 atom stereocenters. The number of hydrogen-bond donors (Lipinski definition) is 1. The molecular weight excluding hydrogens is 346 g/mol. The van der Waals surface area contributed by atoms with Crippen LogP contribution in [0.5, 0.6) is 0 Å². The molecule has 2 aromatic rings. The maximum Gasteiger partial charge on any atom is 0.410 e. The molecule has 2 aromatic heterocycles. The van der Waals surface area contributed by atoms with E-state index in [1.807, 2.05) is 37.2 Å². The number of H-pyrrole nitrogens is 1. The van der Waals surface area contributed by atoms with Gasteiger partial charge in [0.15, 0.2) is 5.76 Å². The van der Waals surface area contributed by atoms with E-state index in [1.54, 1.807) is 6.20 Å². The summed E-state index contributed by atoms with van der Waals surface area (Å²) in [7, 11) is 4.03. The Morgan fingerprint density at radius 2 is 2.07 bits per heavy atom. The number of likely N-dealkylation sites (N-methyl/N-ethyl adjacent to an activating group) is 1. The third-order valence-corrected chi connectivity index (χ3v) is 5.43. The number of piperidine rings is 1. The first kappa shape index (κ1) is 18.1. The average molecular weight is 373 g/mol. The predicted octanol–water partition coefficient (Wildman–Crippen LogP) is 2.02. The summed E-state index contributed by atoms with van der Waals surface area (Å²) in [6, 6.07) is 5.87. The van der Waals surface area contributed by atoms with Gasteiger partial charge in [0, 0.05) is 45.2 Å². The maximum atomic E-state index is 12.2. The molecule has 0 saturated carbocycles. The molecule has 8 nitrogen and oxygen atoms in total.